The third kappa shape index (κ3) is 4.37. The van der Waals surface area contributed by atoms with E-state index in [9.17, 15) is 9.90 Å². The van der Waals surface area contributed by atoms with Crippen LogP contribution in [0.4, 0.5) is 5.69 Å². The number of carbonyl (C=O) groups excluding carboxylic acids is 1. The molecule has 2 N–H and O–H groups in total. The summed E-state index contributed by atoms with van der Waals surface area (Å²) in [4.78, 5) is 14.5. The van der Waals surface area contributed by atoms with Gasteiger partial charge in [0.05, 0.1) is 25.9 Å². The van der Waals surface area contributed by atoms with Crippen molar-refractivity contribution in [2.24, 2.45) is 0 Å². The lowest BCUT2D eigenvalue weighted by Gasteiger charge is -2.39. The van der Waals surface area contributed by atoms with E-state index < -0.39 is 0 Å². The number of nitrogens with one attached hydrogen (secondary N) is 1. The third-order valence-corrected chi connectivity index (χ3v) is 4.89. The number of aryl methyl sites for hydroxylation is 1. The zero-order valence-corrected chi connectivity index (χ0v) is 14.7. The van der Waals surface area contributed by atoms with Crippen LogP contribution >= 0.6 is 11.6 Å². The van der Waals surface area contributed by atoms with Crippen LogP contribution in [0, 0.1) is 6.92 Å². The van der Waals surface area contributed by atoms with Gasteiger partial charge in [0.2, 0.25) is 5.91 Å². The monoisotopic (exact) mass is 340 g/mol. The van der Waals surface area contributed by atoms with Gasteiger partial charge in [-0.05, 0) is 38.3 Å². The summed E-state index contributed by atoms with van der Waals surface area (Å²) in [5, 5.41) is 13.0. The second kappa shape index (κ2) is 7.99. The Morgan fingerprint density at radius 3 is 2.87 bits per heavy atom. The molecule has 0 radical (unpaired) electrons. The van der Waals surface area contributed by atoms with Crippen molar-refractivity contribution in [3.8, 4) is 5.75 Å². The predicted molar refractivity (Wildman–Crippen MR) is 92.3 cm³/mol. The summed E-state index contributed by atoms with van der Waals surface area (Å²) in [6.45, 7) is 4.33. The highest BCUT2D eigenvalue weighted by Crippen LogP contribution is 2.31. The van der Waals surface area contributed by atoms with Gasteiger partial charge in [-0.15, -0.1) is 0 Å². The quantitative estimate of drug-likeness (QED) is 0.865. The van der Waals surface area contributed by atoms with E-state index in [0.29, 0.717) is 22.5 Å². The Hall–Kier alpha value is -1.30. The Morgan fingerprint density at radius 2 is 2.22 bits per heavy atom. The molecule has 0 spiro atoms. The van der Waals surface area contributed by atoms with Crippen LogP contribution in [0.15, 0.2) is 12.1 Å². The summed E-state index contributed by atoms with van der Waals surface area (Å²) in [5.41, 5.74) is 1.49. The van der Waals surface area contributed by atoms with E-state index in [1.54, 1.807) is 13.2 Å². The van der Waals surface area contributed by atoms with E-state index in [-0.39, 0.29) is 25.1 Å². The van der Waals surface area contributed by atoms with Crippen LogP contribution in [-0.4, -0.2) is 48.3 Å². The molecule has 1 fully saturated rings. The molecular formula is C17H25ClN2O3. The lowest BCUT2D eigenvalue weighted by atomic mass is 9.97. The zero-order valence-electron chi connectivity index (χ0n) is 13.9. The number of likely N-dealkylation sites (tertiary alicyclic amines) is 1. The van der Waals surface area contributed by atoms with Crippen molar-refractivity contribution in [1.29, 1.82) is 0 Å². The Balaban J connectivity index is 2.08. The van der Waals surface area contributed by atoms with Crippen molar-refractivity contribution >= 4 is 23.2 Å². The number of piperidine rings is 1. The lowest BCUT2D eigenvalue weighted by Crippen LogP contribution is -2.50. The zero-order chi connectivity index (χ0) is 17.0. The smallest absolute Gasteiger partial charge is 0.238 e. The van der Waals surface area contributed by atoms with Gasteiger partial charge in [-0.3, -0.25) is 9.69 Å². The van der Waals surface area contributed by atoms with Crippen molar-refractivity contribution in [2.45, 2.75) is 45.2 Å². The largest absolute Gasteiger partial charge is 0.495 e. The first kappa shape index (κ1) is 18.0. The van der Waals surface area contributed by atoms with Crippen LogP contribution in [0.25, 0.3) is 0 Å². The molecule has 1 aromatic carbocycles. The Labute approximate surface area is 142 Å². The average Bonchev–Trinajstić information content (AvgIpc) is 2.52. The number of aliphatic hydroxyl groups is 1. The number of halogens is 1. The van der Waals surface area contributed by atoms with Gasteiger partial charge in [-0.2, -0.15) is 0 Å². The summed E-state index contributed by atoms with van der Waals surface area (Å²) < 4.78 is 5.28. The normalized spacial score (nSPS) is 22.0. The number of nitrogens with zero attached hydrogens (tertiary/aromatic N) is 1. The Bertz CT molecular complexity index is 565. The van der Waals surface area contributed by atoms with Gasteiger partial charge < -0.3 is 15.2 Å². The number of methoxy groups -OCH3 is 1. The van der Waals surface area contributed by atoms with Gasteiger partial charge >= 0.3 is 0 Å². The van der Waals surface area contributed by atoms with Crippen LogP contribution in [0.2, 0.25) is 5.02 Å². The Kier molecular flexibility index (Phi) is 6.27. The third-order valence-electron chi connectivity index (χ3n) is 4.49. The second-order valence-electron chi connectivity index (χ2n) is 6.14. The van der Waals surface area contributed by atoms with Crippen LogP contribution in [0.1, 0.15) is 31.7 Å². The van der Waals surface area contributed by atoms with Gasteiger partial charge in [-0.1, -0.05) is 18.0 Å². The number of hydrogen-bond donors (Lipinski definition) is 2. The van der Waals surface area contributed by atoms with E-state index in [0.717, 1.165) is 24.8 Å². The number of amides is 1. The first-order valence-electron chi connectivity index (χ1n) is 7.96. The van der Waals surface area contributed by atoms with Crippen molar-refractivity contribution in [1.82, 2.24) is 4.90 Å². The summed E-state index contributed by atoms with van der Waals surface area (Å²) in [6, 6.07) is 3.85. The molecule has 1 aliphatic rings. The minimum absolute atomic E-state index is 0.0540. The molecule has 0 aliphatic carbocycles. The number of aliphatic hydroxyl groups excluding tert-OH is 1. The molecule has 1 aromatic rings. The molecule has 128 valence electrons. The highest BCUT2D eigenvalue weighted by Gasteiger charge is 2.29. The van der Waals surface area contributed by atoms with Crippen molar-refractivity contribution in [2.75, 3.05) is 25.6 Å². The summed E-state index contributed by atoms with van der Waals surface area (Å²) >= 11 is 6.09. The standard InChI is InChI=1S/C17H25ClN2O3/c1-11-7-15(16(23-3)8-14(11)18)19-17(22)9-20-12(2)5-4-6-13(20)10-21/h7-8,12-13,21H,4-6,9-10H2,1-3H3,(H,19,22). The summed E-state index contributed by atoms with van der Waals surface area (Å²) in [7, 11) is 1.55. The van der Waals surface area contributed by atoms with Crippen LogP contribution in [0.5, 0.6) is 5.75 Å². The molecule has 2 atom stereocenters. The maximum atomic E-state index is 12.4. The lowest BCUT2D eigenvalue weighted by molar-refractivity contribution is -0.119. The summed E-state index contributed by atoms with van der Waals surface area (Å²) in [6.07, 6.45) is 3.07. The van der Waals surface area contributed by atoms with E-state index in [4.69, 9.17) is 16.3 Å². The van der Waals surface area contributed by atoms with Crippen LogP contribution < -0.4 is 10.1 Å². The molecule has 6 heteroatoms. The number of hydrogen-bond acceptors (Lipinski definition) is 4. The first-order valence-corrected chi connectivity index (χ1v) is 8.34. The number of ether oxygens (including phenoxy) is 1. The molecule has 5 nitrogen and oxygen atoms in total. The van der Waals surface area contributed by atoms with Crippen LogP contribution in [0.3, 0.4) is 0 Å². The fourth-order valence-electron chi connectivity index (χ4n) is 3.11. The molecule has 0 bridgehead atoms. The van der Waals surface area contributed by atoms with Crippen molar-refractivity contribution in [3.63, 3.8) is 0 Å². The van der Waals surface area contributed by atoms with Crippen molar-refractivity contribution in [3.05, 3.63) is 22.7 Å². The second-order valence-corrected chi connectivity index (χ2v) is 6.55. The van der Waals surface area contributed by atoms with Gasteiger partial charge in [0, 0.05) is 23.2 Å². The van der Waals surface area contributed by atoms with Crippen LogP contribution in [-0.2, 0) is 4.79 Å². The first-order chi connectivity index (χ1) is 11.0. The molecule has 1 aliphatic heterocycles. The number of benzene rings is 1. The van der Waals surface area contributed by atoms with E-state index in [1.165, 1.54) is 0 Å². The highest BCUT2D eigenvalue weighted by atomic mass is 35.5. The topological polar surface area (TPSA) is 61.8 Å². The minimum Gasteiger partial charge on any atom is -0.495 e. The highest BCUT2D eigenvalue weighted by molar-refractivity contribution is 6.31. The fraction of sp³-hybridized carbons (Fsp3) is 0.588. The van der Waals surface area contributed by atoms with Gasteiger partial charge in [0.25, 0.3) is 0 Å². The maximum absolute atomic E-state index is 12.4. The van der Waals surface area contributed by atoms with E-state index >= 15 is 0 Å². The number of anilines is 1. The van der Waals surface area contributed by atoms with E-state index in [1.807, 2.05) is 13.0 Å². The average molecular weight is 341 g/mol. The van der Waals surface area contributed by atoms with Gasteiger partial charge in [-0.25, -0.2) is 0 Å². The molecule has 1 amide bonds. The minimum atomic E-state index is -0.114. The number of carbonyl (C=O) groups is 1. The Morgan fingerprint density at radius 1 is 1.48 bits per heavy atom. The molecule has 23 heavy (non-hydrogen) atoms. The van der Waals surface area contributed by atoms with Crippen molar-refractivity contribution < 1.29 is 14.6 Å². The molecule has 0 aromatic heterocycles. The maximum Gasteiger partial charge on any atom is 0.238 e. The summed E-state index contributed by atoms with van der Waals surface area (Å²) in [5.74, 6) is 0.427. The molecule has 0 saturated carbocycles. The molecule has 2 unspecified atom stereocenters. The predicted octanol–water partition coefficient (Wildman–Crippen LogP) is 2.83. The van der Waals surface area contributed by atoms with Gasteiger partial charge in [0.15, 0.2) is 0 Å². The van der Waals surface area contributed by atoms with Gasteiger partial charge in [0.1, 0.15) is 5.75 Å². The molecule has 2 rings (SSSR count). The SMILES string of the molecule is COc1cc(Cl)c(C)cc1NC(=O)CN1C(C)CCCC1CO. The fourth-order valence-corrected chi connectivity index (χ4v) is 3.26. The number of rotatable bonds is 5. The molecule has 1 heterocycles. The molecule has 1 saturated heterocycles. The molecular weight excluding hydrogens is 316 g/mol. The van der Waals surface area contributed by atoms with E-state index in [2.05, 4.69) is 17.1 Å².